The standard InChI is InChI=1S/C15H20N4O2/c1-2-12-9-18-15(21-12)10-17-13(8-14(16)19-20)11-6-4-3-5-7-11/h3-7,9,13,17,20H,2,8,10H2,1H3,(H2,16,19). The third-order valence-electron chi connectivity index (χ3n) is 3.19. The molecule has 0 aliphatic heterocycles. The molecule has 1 aromatic heterocycles. The Morgan fingerprint density at radius 2 is 2.19 bits per heavy atom. The molecule has 6 nitrogen and oxygen atoms in total. The Morgan fingerprint density at radius 1 is 1.43 bits per heavy atom. The Hall–Kier alpha value is -2.34. The van der Waals surface area contributed by atoms with Crippen molar-refractivity contribution in [2.45, 2.75) is 32.4 Å². The van der Waals surface area contributed by atoms with Gasteiger partial charge in [-0.1, -0.05) is 42.4 Å². The molecule has 1 atom stereocenters. The highest BCUT2D eigenvalue weighted by molar-refractivity contribution is 5.80. The van der Waals surface area contributed by atoms with Crippen molar-refractivity contribution < 1.29 is 9.62 Å². The molecule has 0 amide bonds. The number of nitrogens with zero attached hydrogens (tertiary/aromatic N) is 2. The largest absolute Gasteiger partial charge is 0.444 e. The van der Waals surface area contributed by atoms with Crippen molar-refractivity contribution in [2.24, 2.45) is 10.9 Å². The molecule has 21 heavy (non-hydrogen) atoms. The number of oxazole rings is 1. The minimum absolute atomic E-state index is 0.0703. The average molecular weight is 288 g/mol. The molecule has 1 unspecified atom stereocenters. The molecule has 4 N–H and O–H groups in total. The summed E-state index contributed by atoms with van der Waals surface area (Å²) in [7, 11) is 0. The summed E-state index contributed by atoms with van der Waals surface area (Å²) in [6.07, 6.45) is 2.96. The van der Waals surface area contributed by atoms with Crippen LogP contribution in [0.2, 0.25) is 0 Å². The van der Waals surface area contributed by atoms with Gasteiger partial charge in [-0.3, -0.25) is 0 Å². The number of rotatable bonds is 7. The van der Waals surface area contributed by atoms with Gasteiger partial charge < -0.3 is 20.7 Å². The molecule has 0 radical (unpaired) electrons. The van der Waals surface area contributed by atoms with Gasteiger partial charge in [-0.2, -0.15) is 0 Å². The molecule has 0 bridgehead atoms. The maximum Gasteiger partial charge on any atom is 0.208 e. The predicted octanol–water partition coefficient (Wildman–Crippen LogP) is 2.20. The van der Waals surface area contributed by atoms with Crippen LogP contribution in [0.5, 0.6) is 0 Å². The molecule has 1 aromatic carbocycles. The Labute approximate surface area is 123 Å². The van der Waals surface area contributed by atoms with Crippen molar-refractivity contribution >= 4 is 5.84 Å². The van der Waals surface area contributed by atoms with E-state index < -0.39 is 0 Å². The van der Waals surface area contributed by atoms with Gasteiger partial charge in [-0.05, 0) is 5.56 Å². The van der Waals surface area contributed by atoms with Gasteiger partial charge in [0.1, 0.15) is 11.6 Å². The molecule has 2 rings (SSSR count). The molecule has 0 saturated heterocycles. The number of aryl methyl sites for hydroxylation is 1. The summed E-state index contributed by atoms with van der Waals surface area (Å²) >= 11 is 0. The Morgan fingerprint density at radius 3 is 2.81 bits per heavy atom. The first kappa shape index (κ1) is 15.1. The van der Waals surface area contributed by atoms with E-state index in [-0.39, 0.29) is 11.9 Å². The first-order valence-electron chi connectivity index (χ1n) is 6.91. The number of aromatic nitrogens is 1. The fourth-order valence-electron chi connectivity index (χ4n) is 2.05. The highest BCUT2D eigenvalue weighted by atomic mass is 16.4. The van der Waals surface area contributed by atoms with E-state index in [1.54, 1.807) is 6.20 Å². The summed E-state index contributed by atoms with van der Waals surface area (Å²) in [6, 6.07) is 9.78. The van der Waals surface area contributed by atoms with Crippen molar-refractivity contribution in [3.05, 3.63) is 53.7 Å². The summed E-state index contributed by atoms with van der Waals surface area (Å²) in [6.45, 7) is 2.50. The lowest BCUT2D eigenvalue weighted by molar-refractivity contribution is 0.315. The van der Waals surface area contributed by atoms with Crippen LogP contribution in [-0.2, 0) is 13.0 Å². The van der Waals surface area contributed by atoms with Crippen LogP contribution in [0.15, 0.2) is 46.1 Å². The van der Waals surface area contributed by atoms with Crippen molar-refractivity contribution in [1.82, 2.24) is 10.3 Å². The van der Waals surface area contributed by atoms with Crippen LogP contribution in [0.25, 0.3) is 0 Å². The first-order valence-corrected chi connectivity index (χ1v) is 6.91. The highest BCUT2D eigenvalue weighted by Crippen LogP contribution is 2.17. The van der Waals surface area contributed by atoms with Crippen LogP contribution in [0.1, 0.15) is 36.6 Å². The molecule has 2 aromatic rings. The second-order valence-corrected chi connectivity index (χ2v) is 4.71. The van der Waals surface area contributed by atoms with Crippen LogP contribution in [0, 0.1) is 0 Å². The monoisotopic (exact) mass is 288 g/mol. The second kappa shape index (κ2) is 7.44. The topological polar surface area (TPSA) is 96.7 Å². The lowest BCUT2D eigenvalue weighted by Crippen LogP contribution is -2.26. The SMILES string of the molecule is CCc1cnc(CNC(C/C(N)=N/O)c2ccccc2)o1. The van der Waals surface area contributed by atoms with Gasteiger partial charge in [-0.25, -0.2) is 4.98 Å². The maximum atomic E-state index is 8.76. The predicted molar refractivity (Wildman–Crippen MR) is 79.9 cm³/mol. The summed E-state index contributed by atoms with van der Waals surface area (Å²) in [5.41, 5.74) is 6.69. The number of nitrogens with one attached hydrogen (secondary N) is 1. The van der Waals surface area contributed by atoms with Crippen molar-refractivity contribution in [3.8, 4) is 0 Å². The fourth-order valence-corrected chi connectivity index (χ4v) is 2.05. The minimum atomic E-state index is -0.0703. The van der Waals surface area contributed by atoms with E-state index in [1.807, 2.05) is 37.3 Å². The third-order valence-corrected chi connectivity index (χ3v) is 3.19. The van der Waals surface area contributed by atoms with Crippen LogP contribution in [0.3, 0.4) is 0 Å². The molecule has 0 fully saturated rings. The number of amidine groups is 1. The van der Waals surface area contributed by atoms with E-state index in [4.69, 9.17) is 15.4 Å². The van der Waals surface area contributed by atoms with Crippen molar-refractivity contribution in [2.75, 3.05) is 0 Å². The van der Waals surface area contributed by atoms with Crippen LogP contribution in [-0.4, -0.2) is 16.0 Å². The molecule has 112 valence electrons. The molecule has 6 heteroatoms. The zero-order chi connectivity index (χ0) is 15.1. The normalized spacial score (nSPS) is 13.3. The van der Waals surface area contributed by atoms with Gasteiger partial charge in [0, 0.05) is 18.9 Å². The second-order valence-electron chi connectivity index (χ2n) is 4.71. The number of benzene rings is 1. The fraction of sp³-hybridized carbons (Fsp3) is 0.333. The van der Waals surface area contributed by atoms with Crippen LogP contribution >= 0.6 is 0 Å². The molecule has 1 heterocycles. The van der Waals surface area contributed by atoms with Gasteiger partial charge >= 0.3 is 0 Å². The summed E-state index contributed by atoms with van der Waals surface area (Å²) in [5, 5.41) is 15.1. The molecular formula is C15H20N4O2. The van der Waals surface area contributed by atoms with Gasteiger partial charge in [0.15, 0.2) is 0 Å². The van der Waals surface area contributed by atoms with Gasteiger partial charge in [0.05, 0.1) is 12.7 Å². The zero-order valence-corrected chi connectivity index (χ0v) is 12.0. The Bertz CT molecular complexity index is 580. The van der Waals surface area contributed by atoms with Crippen molar-refractivity contribution in [1.29, 1.82) is 0 Å². The summed E-state index contributed by atoms with van der Waals surface area (Å²) < 4.78 is 5.57. The van der Waals surface area contributed by atoms with Crippen molar-refractivity contribution in [3.63, 3.8) is 0 Å². The smallest absolute Gasteiger partial charge is 0.208 e. The quantitative estimate of drug-likeness (QED) is 0.314. The van der Waals surface area contributed by atoms with Crippen LogP contribution < -0.4 is 11.1 Å². The summed E-state index contributed by atoms with van der Waals surface area (Å²) in [4.78, 5) is 4.21. The van der Waals surface area contributed by atoms with E-state index in [0.29, 0.717) is 18.9 Å². The number of hydrogen-bond donors (Lipinski definition) is 3. The first-order chi connectivity index (χ1) is 10.2. The van der Waals surface area contributed by atoms with E-state index >= 15 is 0 Å². The molecule has 0 aliphatic carbocycles. The molecule has 0 saturated carbocycles. The van der Waals surface area contributed by atoms with Gasteiger partial charge in [-0.15, -0.1) is 0 Å². The van der Waals surface area contributed by atoms with Gasteiger partial charge in [0.25, 0.3) is 0 Å². The summed E-state index contributed by atoms with van der Waals surface area (Å²) in [5.74, 6) is 1.67. The van der Waals surface area contributed by atoms with E-state index in [0.717, 1.165) is 17.7 Å². The van der Waals surface area contributed by atoms with Crippen LogP contribution in [0.4, 0.5) is 0 Å². The van der Waals surface area contributed by atoms with E-state index in [1.165, 1.54) is 0 Å². The Kier molecular flexibility index (Phi) is 5.34. The lowest BCUT2D eigenvalue weighted by atomic mass is 10.0. The molecule has 0 aliphatic rings. The lowest BCUT2D eigenvalue weighted by Gasteiger charge is -2.17. The van der Waals surface area contributed by atoms with Gasteiger partial charge in [0.2, 0.25) is 5.89 Å². The number of hydrogen-bond acceptors (Lipinski definition) is 5. The average Bonchev–Trinajstić information content (AvgIpc) is 3.00. The maximum absolute atomic E-state index is 8.76. The molecular weight excluding hydrogens is 268 g/mol. The molecule has 0 spiro atoms. The zero-order valence-electron chi connectivity index (χ0n) is 12.0. The van der Waals surface area contributed by atoms with E-state index in [9.17, 15) is 0 Å². The third kappa shape index (κ3) is 4.32. The number of nitrogens with two attached hydrogens (primary N) is 1. The highest BCUT2D eigenvalue weighted by Gasteiger charge is 2.14. The van der Waals surface area contributed by atoms with E-state index in [2.05, 4.69) is 15.5 Å². The number of oxime groups is 1. The Balaban J connectivity index is 2.05. The minimum Gasteiger partial charge on any atom is -0.444 e.